The zero-order valence-corrected chi connectivity index (χ0v) is 11.6. The molecule has 0 aliphatic heterocycles. The third-order valence-corrected chi connectivity index (χ3v) is 3.54. The first-order valence-electron chi connectivity index (χ1n) is 5.86. The van der Waals surface area contributed by atoms with Crippen LogP contribution in [0.4, 0.5) is 13.2 Å². The van der Waals surface area contributed by atoms with Crippen LogP contribution < -0.4 is 0 Å². The summed E-state index contributed by atoms with van der Waals surface area (Å²) in [4.78, 5) is 10.6. The first kappa shape index (κ1) is 15.4. The fourth-order valence-electron chi connectivity index (χ4n) is 1.75. The first-order chi connectivity index (χ1) is 9.93. The molecule has 2 aromatic rings. The van der Waals surface area contributed by atoms with Gasteiger partial charge in [-0.05, 0) is 6.92 Å². The van der Waals surface area contributed by atoms with E-state index in [1.165, 1.54) is 4.57 Å². The molecule has 1 aromatic heterocycles. The topological polar surface area (TPSA) is 68.0 Å². The molecule has 0 aliphatic rings. The molecule has 0 aliphatic carbocycles. The summed E-state index contributed by atoms with van der Waals surface area (Å²) in [5, 5.41) is 16.3. The maximum Gasteiger partial charge on any atom is 0.313 e. The van der Waals surface area contributed by atoms with Gasteiger partial charge in [0.05, 0.1) is 11.3 Å². The number of carbonyl (C=O) groups is 1. The van der Waals surface area contributed by atoms with E-state index in [0.29, 0.717) is 12.1 Å². The van der Waals surface area contributed by atoms with Gasteiger partial charge in [0, 0.05) is 18.7 Å². The summed E-state index contributed by atoms with van der Waals surface area (Å²) in [5.74, 6) is -4.63. The van der Waals surface area contributed by atoms with Gasteiger partial charge < -0.3 is 9.67 Å². The van der Waals surface area contributed by atoms with Crippen LogP contribution in [0.25, 0.3) is 11.4 Å². The predicted octanol–water partition coefficient (Wildman–Crippen LogP) is 2.56. The summed E-state index contributed by atoms with van der Waals surface area (Å²) in [6.45, 7) is 1.97. The second kappa shape index (κ2) is 6.17. The van der Waals surface area contributed by atoms with Crippen molar-refractivity contribution in [3.8, 4) is 11.4 Å². The standard InChI is InChI=1S/C12H10F3N3O2S/c1-2-18-11(16-17-12(18)21-5-9(19)20)10-7(14)3-6(13)4-8(10)15/h3-4H,2,5H2,1H3,(H,19,20). The van der Waals surface area contributed by atoms with E-state index in [1.807, 2.05) is 0 Å². The Balaban J connectivity index is 2.48. The molecule has 0 radical (unpaired) electrons. The molecule has 1 aromatic carbocycles. The van der Waals surface area contributed by atoms with E-state index in [0.717, 1.165) is 11.8 Å². The Morgan fingerprint density at radius 1 is 1.29 bits per heavy atom. The number of benzene rings is 1. The fourth-order valence-corrected chi connectivity index (χ4v) is 2.47. The molecule has 5 nitrogen and oxygen atoms in total. The van der Waals surface area contributed by atoms with Crippen LogP contribution in [-0.2, 0) is 11.3 Å². The molecule has 0 saturated heterocycles. The minimum atomic E-state index is -1.09. The van der Waals surface area contributed by atoms with E-state index in [-0.39, 0.29) is 23.3 Å². The number of hydrogen-bond donors (Lipinski definition) is 1. The van der Waals surface area contributed by atoms with Gasteiger partial charge in [0.15, 0.2) is 11.0 Å². The average molecular weight is 317 g/mol. The number of carboxylic acid groups (broad SMARTS) is 1. The Kier molecular flexibility index (Phi) is 4.51. The van der Waals surface area contributed by atoms with Gasteiger partial charge in [0.2, 0.25) is 0 Å². The molecule has 1 N–H and O–H groups in total. The average Bonchev–Trinajstić information content (AvgIpc) is 2.77. The normalized spacial score (nSPS) is 10.9. The van der Waals surface area contributed by atoms with Gasteiger partial charge in [0.25, 0.3) is 0 Å². The maximum absolute atomic E-state index is 13.8. The minimum Gasteiger partial charge on any atom is -0.481 e. The summed E-state index contributed by atoms with van der Waals surface area (Å²) < 4.78 is 41.8. The smallest absolute Gasteiger partial charge is 0.313 e. The Morgan fingerprint density at radius 3 is 2.43 bits per heavy atom. The van der Waals surface area contributed by atoms with Crippen LogP contribution in [0.15, 0.2) is 17.3 Å². The quantitative estimate of drug-likeness (QED) is 0.858. The third kappa shape index (κ3) is 3.18. The number of halogens is 3. The summed E-state index contributed by atoms with van der Waals surface area (Å²) in [6, 6.07) is 1.11. The van der Waals surface area contributed by atoms with Gasteiger partial charge in [-0.1, -0.05) is 11.8 Å². The lowest BCUT2D eigenvalue weighted by Crippen LogP contribution is -2.05. The van der Waals surface area contributed by atoms with Crippen molar-refractivity contribution in [2.24, 2.45) is 0 Å². The fraction of sp³-hybridized carbons (Fsp3) is 0.250. The number of rotatable bonds is 5. The lowest BCUT2D eigenvalue weighted by molar-refractivity contribution is -0.133. The van der Waals surface area contributed by atoms with Gasteiger partial charge in [-0.25, -0.2) is 13.2 Å². The Morgan fingerprint density at radius 2 is 1.90 bits per heavy atom. The molecule has 112 valence electrons. The van der Waals surface area contributed by atoms with Crippen molar-refractivity contribution >= 4 is 17.7 Å². The van der Waals surface area contributed by atoms with Crippen LogP contribution in [0.3, 0.4) is 0 Å². The highest BCUT2D eigenvalue weighted by molar-refractivity contribution is 7.99. The molecular formula is C12H10F3N3O2S. The van der Waals surface area contributed by atoms with Crippen LogP contribution in [0.1, 0.15) is 6.92 Å². The van der Waals surface area contributed by atoms with Crippen molar-refractivity contribution in [1.29, 1.82) is 0 Å². The second-order valence-corrected chi connectivity index (χ2v) is 4.92. The monoisotopic (exact) mass is 317 g/mol. The third-order valence-electron chi connectivity index (χ3n) is 2.59. The molecule has 0 unspecified atom stereocenters. The lowest BCUT2D eigenvalue weighted by Gasteiger charge is -2.08. The van der Waals surface area contributed by atoms with Crippen LogP contribution in [0.5, 0.6) is 0 Å². The van der Waals surface area contributed by atoms with Crippen LogP contribution in [-0.4, -0.2) is 31.6 Å². The highest BCUT2D eigenvalue weighted by atomic mass is 32.2. The van der Waals surface area contributed by atoms with Crippen molar-refractivity contribution in [3.05, 3.63) is 29.6 Å². The zero-order chi connectivity index (χ0) is 15.6. The number of thioether (sulfide) groups is 1. The molecular weight excluding hydrogens is 307 g/mol. The van der Waals surface area contributed by atoms with Crippen molar-refractivity contribution < 1.29 is 23.1 Å². The SMILES string of the molecule is CCn1c(SCC(=O)O)nnc1-c1c(F)cc(F)cc1F. The minimum absolute atomic E-state index is 0.111. The molecule has 0 saturated carbocycles. The van der Waals surface area contributed by atoms with Gasteiger partial charge >= 0.3 is 5.97 Å². The van der Waals surface area contributed by atoms with E-state index in [1.54, 1.807) is 6.92 Å². The van der Waals surface area contributed by atoms with Crippen LogP contribution in [0.2, 0.25) is 0 Å². The van der Waals surface area contributed by atoms with E-state index >= 15 is 0 Å². The van der Waals surface area contributed by atoms with E-state index < -0.39 is 29.0 Å². The molecule has 0 bridgehead atoms. The van der Waals surface area contributed by atoms with Crippen molar-refractivity contribution in [2.75, 3.05) is 5.75 Å². The highest BCUT2D eigenvalue weighted by Gasteiger charge is 2.21. The van der Waals surface area contributed by atoms with Crippen molar-refractivity contribution in [3.63, 3.8) is 0 Å². The van der Waals surface area contributed by atoms with Crippen molar-refractivity contribution in [2.45, 2.75) is 18.6 Å². The number of nitrogens with zero attached hydrogens (tertiary/aromatic N) is 3. The second-order valence-electron chi connectivity index (χ2n) is 3.98. The number of aromatic nitrogens is 3. The number of carboxylic acids is 1. The van der Waals surface area contributed by atoms with Gasteiger partial charge in [-0.2, -0.15) is 0 Å². The molecule has 0 spiro atoms. The summed E-state index contributed by atoms with van der Waals surface area (Å²) in [5.41, 5.74) is -0.493. The molecule has 0 atom stereocenters. The van der Waals surface area contributed by atoms with E-state index in [2.05, 4.69) is 10.2 Å². The molecule has 2 rings (SSSR count). The van der Waals surface area contributed by atoms with E-state index in [4.69, 9.17) is 5.11 Å². The number of aliphatic carboxylic acids is 1. The van der Waals surface area contributed by atoms with Crippen molar-refractivity contribution in [1.82, 2.24) is 14.8 Å². The van der Waals surface area contributed by atoms with Gasteiger partial charge in [-0.3, -0.25) is 4.79 Å². The highest BCUT2D eigenvalue weighted by Crippen LogP contribution is 2.28. The van der Waals surface area contributed by atoms with Crippen LogP contribution >= 0.6 is 11.8 Å². The van der Waals surface area contributed by atoms with Crippen LogP contribution in [0, 0.1) is 17.5 Å². The molecule has 9 heteroatoms. The molecule has 0 amide bonds. The van der Waals surface area contributed by atoms with Gasteiger partial charge in [-0.15, -0.1) is 10.2 Å². The Bertz CT molecular complexity index is 667. The Hall–Kier alpha value is -2.03. The summed E-state index contributed by atoms with van der Waals surface area (Å²) >= 11 is 0.881. The molecule has 21 heavy (non-hydrogen) atoms. The summed E-state index contributed by atoms with van der Waals surface area (Å²) in [6.07, 6.45) is 0. The number of hydrogen-bond acceptors (Lipinski definition) is 4. The maximum atomic E-state index is 13.8. The molecule has 0 fully saturated rings. The van der Waals surface area contributed by atoms with E-state index in [9.17, 15) is 18.0 Å². The first-order valence-corrected chi connectivity index (χ1v) is 6.85. The zero-order valence-electron chi connectivity index (χ0n) is 10.8. The predicted molar refractivity (Wildman–Crippen MR) is 69.4 cm³/mol. The summed E-state index contributed by atoms with van der Waals surface area (Å²) in [7, 11) is 0. The largest absolute Gasteiger partial charge is 0.481 e. The molecule has 1 heterocycles. The van der Waals surface area contributed by atoms with Gasteiger partial charge in [0.1, 0.15) is 17.5 Å². The Labute approximate surface area is 121 Å². The lowest BCUT2D eigenvalue weighted by atomic mass is 10.2.